The molecular weight excluding hydrogens is 310 g/mol. The first-order valence-corrected chi connectivity index (χ1v) is 6.58. The van der Waals surface area contributed by atoms with E-state index in [0.29, 0.717) is 22.9 Å². The average molecular weight is 324 g/mol. The molecule has 0 radical (unpaired) electrons. The maximum atomic E-state index is 5.44. The van der Waals surface area contributed by atoms with Gasteiger partial charge in [-0.2, -0.15) is 4.98 Å². The summed E-state index contributed by atoms with van der Waals surface area (Å²) in [5.41, 5.74) is 0.857. The molecular formula is C13H14BrN3O2. The highest BCUT2D eigenvalue weighted by Gasteiger charge is 2.05. The molecule has 0 saturated heterocycles. The molecule has 2 rings (SSSR count). The molecule has 0 aliphatic heterocycles. The van der Waals surface area contributed by atoms with Crippen LogP contribution in [0, 0.1) is 0 Å². The zero-order valence-corrected chi connectivity index (χ0v) is 12.3. The zero-order valence-electron chi connectivity index (χ0n) is 10.7. The molecule has 0 fully saturated rings. The molecule has 1 heterocycles. The van der Waals surface area contributed by atoms with Crippen LogP contribution in [0.3, 0.4) is 0 Å². The average Bonchev–Trinajstić information content (AvgIpc) is 2.42. The summed E-state index contributed by atoms with van der Waals surface area (Å²) in [6, 6.07) is 7.61. The number of nitrogens with zero attached hydrogens (tertiary/aromatic N) is 2. The Morgan fingerprint density at radius 2 is 2.21 bits per heavy atom. The highest BCUT2D eigenvalue weighted by atomic mass is 79.9. The second-order valence-electron chi connectivity index (χ2n) is 3.64. The van der Waals surface area contributed by atoms with Gasteiger partial charge in [-0.25, -0.2) is 4.98 Å². The molecule has 0 saturated carbocycles. The van der Waals surface area contributed by atoms with E-state index in [4.69, 9.17) is 9.47 Å². The summed E-state index contributed by atoms with van der Waals surface area (Å²) in [4.78, 5) is 8.40. The van der Waals surface area contributed by atoms with Crippen LogP contribution in [-0.2, 0) is 0 Å². The van der Waals surface area contributed by atoms with Crippen LogP contribution in [0.1, 0.15) is 6.92 Å². The largest absolute Gasteiger partial charge is 0.494 e. The zero-order chi connectivity index (χ0) is 13.7. The summed E-state index contributed by atoms with van der Waals surface area (Å²) >= 11 is 3.31. The standard InChI is InChI=1S/C13H14BrN3O2/c1-3-19-10-6-4-5-9(7-10)16-13-15-8-11(14)12(17-13)18-2/h4-8H,3H2,1-2H3,(H,15,16,17). The Kier molecular flexibility index (Phi) is 4.57. The third-order valence-corrected chi connectivity index (χ3v) is 2.85. The molecule has 6 heteroatoms. The van der Waals surface area contributed by atoms with Gasteiger partial charge in [0.1, 0.15) is 5.75 Å². The van der Waals surface area contributed by atoms with Gasteiger partial charge in [0.25, 0.3) is 0 Å². The van der Waals surface area contributed by atoms with E-state index in [9.17, 15) is 0 Å². The van der Waals surface area contributed by atoms with Crippen molar-refractivity contribution in [2.45, 2.75) is 6.92 Å². The molecule has 19 heavy (non-hydrogen) atoms. The second kappa shape index (κ2) is 6.38. The van der Waals surface area contributed by atoms with Crippen LogP contribution in [0.25, 0.3) is 0 Å². The van der Waals surface area contributed by atoms with Gasteiger partial charge < -0.3 is 14.8 Å². The van der Waals surface area contributed by atoms with E-state index in [2.05, 4.69) is 31.2 Å². The fourth-order valence-corrected chi connectivity index (χ4v) is 1.87. The monoisotopic (exact) mass is 323 g/mol. The van der Waals surface area contributed by atoms with Crippen LogP contribution in [0.15, 0.2) is 34.9 Å². The van der Waals surface area contributed by atoms with E-state index in [1.807, 2.05) is 31.2 Å². The van der Waals surface area contributed by atoms with Crippen molar-refractivity contribution in [3.05, 3.63) is 34.9 Å². The van der Waals surface area contributed by atoms with Crippen molar-refractivity contribution in [1.29, 1.82) is 0 Å². The fraction of sp³-hybridized carbons (Fsp3) is 0.231. The van der Waals surface area contributed by atoms with Crippen LogP contribution in [0.5, 0.6) is 11.6 Å². The quantitative estimate of drug-likeness (QED) is 0.914. The number of hydrogen-bond donors (Lipinski definition) is 1. The number of anilines is 2. The number of benzene rings is 1. The third-order valence-electron chi connectivity index (χ3n) is 2.31. The van der Waals surface area contributed by atoms with Gasteiger partial charge in [-0.1, -0.05) is 6.07 Å². The van der Waals surface area contributed by atoms with E-state index >= 15 is 0 Å². The summed E-state index contributed by atoms with van der Waals surface area (Å²) < 4.78 is 11.3. The van der Waals surface area contributed by atoms with E-state index < -0.39 is 0 Å². The normalized spacial score (nSPS) is 10.1. The van der Waals surface area contributed by atoms with Crippen molar-refractivity contribution in [1.82, 2.24) is 9.97 Å². The summed E-state index contributed by atoms with van der Waals surface area (Å²) in [7, 11) is 1.56. The minimum atomic E-state index is 0.466. The third kappa shape index (κ3) is 3.57. The van der Waals surface area contributed by atoms with E-state index in [1.54, 1.807) is 13.3 Å². The predicted molar refractivity (Wildman–Crippen MR) is 77.2 cm³/mol. The van der Waals surface area contributed by atoms with Crippen molar-refractivity contribution in [3.63, 3.8) is 0 Å². The highest BCUT2D eigenvalue weighted by molar-refractivity contribution is 9.10. The van der Waals surface area contributed by atoms with Gasteiger partial charge in [-0.05, 0) is 35.0 Å². The number of halogens is 1. The smallest absolute Gasteiger partial charge is 0.232 e. The van der Waals surface area contributed by atoms with Gasteiger partial charge in [-0.3, -0.25) is 0 Å². The molecule has 2 aromatic rings. The lowest BCUT2D eigenvalue weighted by Crippen LogP contribution is -2.00. The molecule has 0 spiro atoms. The van der Waals surface area contributed by atoms with Crippen LogP contribution in [-0.4, -0.2) is 23.7 Å². The first-order chi connectivity index (χ1) is 9.22. The van der Waals surface area contributed by atoms with Crippen LogP contribution >= 0.6 is 15.9 Å². The maximum Gasteiger partial charge on any atom is 0.232 e. The molecule has 1 N–H and O–H groups in total. The van der Waals surface area contributed by atoms with Gasteiger partial charge in [0, 0.05) is 11.8 Å². The predicted octanol–water partition coefficient (Wildman–Crippen LogP) is 3.39. The Morgan fingerprint density at radius 3 is 2.95 bits per heavy atom. The molecule has 0 atom stereocenters. The first-order valence-electron chi connectivity index (χ1n) is 5.79. The molecule has 0 amide bonds. The van der Waals surface area contributed by atoms with Gasteiger partial charge in [0.15, 0.2) is 0 Å². The van der Waals surface area contributed by atoms with Crippen molar-refractivity contribution in [3.8, 4) is 11.6 Å². The molecule has 0 bridgehead atoms. The minimum Gasteiger partial charge on any atom is -0.494 e. The Morgan fingerprint density at radius 1 is 1.37 bits per heavy atom. The van der Waals surface area contributed by atoms with Gasteiger partial charge in [0.2, 0.25) is 11.8 Å². The Hall–Kier alpha value is -1.82. The number of rotatable bonds is 5. The van der Waals surface area contributed by atoms with Crippen LogP contribution < -0.4 is 14.8 Å². The number of methoxy groups -OCH3 is 1. The second-order valence-corrected chi connectivity index (χ2v) is 4.49. The lowest BCUT2D eigenvalue weighted by Gasteiger charge is -2.09. The molecule has 1 aromatic carbocycles. The molecule has 100 valence electrons. The van der Waals surface area contributed by atoms with Crippen molar-refractivity contribution in [2.24, 2.45) is 0 Å². The molecule has 0 aliphatic carbocycles. The summed E-state index contributed by atoms with van der Waals surface area (Å²) in [6.07, 6.45) is 1.64. The van der Waals surface area contributed by atoms with Crippen molar-refractivity contribution in [2.75, 3.05) is 19.0 Å². The van der Waals surface area contributed by atoms with Crippen molar-refractivity contribution >= 4 is 27.6 Å². The Bertz CT molecular complexity index is 563. The fourth-order valence-electron chi connectivity index (χ4n) is 1.51. The maximum absolute atomic E-state index is 5.44. The highest BCUT2D eigenvalue weighted by Crippen LogP contribution is 2.24. The topological polar surface area (TPSA) is 56.3 Å². The van der Waals surface area contributed by atoms with Crippen molar-refractivity contribution < 1.29 is 9.47 Å². The molecule has 0 unspecified atom stereocenters. The van der Waals surface area contributed by atoms with E-state index in [-0.39, 0.29) is 0 Å². The van der Waals surface area contributed by atoms with Gasteiger partial charge in [-0.15, -0.1) is 0 Å². The minimum absolute atomic E-state index is 0.466. The van der Waals surface area contributed by atoms with E-state index in [1.165, 1.54) is 0 Å². The van der Waals surface area contributed by atoms with Crippen LogP contribution in [0.4, 0.5) is 11.6 Å². The van der Waals surface area contributed by atoms with Crippen LogP contribution in [0.2, 0.25) is 0 Å². The van der Waals surface area contributed by atoms with Gasteiger partial charge >= 0.3 is 0 Å². The first kappa shape index (κ1) is 13.6. The Labute approximate surface area is 120 Å². The number of nitrogens with one attached hydrogen (secondary N) is 1. The Balaban J connectivity index is 2.18. The molecule has 1 aromatic heterocycles. The van der Waals surface area contributed by atoms with E-state index in [0.717, 1.165) is 11.4 Å². The van der Waals surface area contributed by atoms with Gasteiger partial charge in [0.05, 0.1) is 24.4 Å². The number of hydrogen-bond acceptors (Lipinski definition) is 5. The SMILES string of the molecule is CCOc1cccc(Nc2ncc(Br)c(OC)n2)c1. The summed E-state index contributed by atoms with van der Waals surface area (Å²) in [5.74, 6) is 1.75. The number of aromatic nitrogens is 2. The lowest BCUT2D eigenvalue weighted by molar-refractivity contribution is 0.340. The molecule has 0 aliphatic rings. The lowest BCUT2D eigenvalue weighted by atomic mass is 10.3. The number of ether oxygens (including phenoxy) is 2. The summed E-state index contributed by atoms with van der Waals surface area (Å²) in [5, 5.41) is 3.10. The molecule has 5 nitrogen and oxygen atoms in total. The summed E-state index contributed by atoms with van der Waals surface area (Å²) in [6.45, 7) is 2.58.